The molecule has 1 N–H and O–H groups in total. The number of hydrogen-bond acceptors (Lipinski definition) is 5. The molecule has 0 spiro atoms. The van der Waals surface area contributed by atoms with Gasteiger partial charge in [-0.05, 0) is 30.5 Å². The van der Waals surface area contributed by atoms with E-state index < -0.39 is 0 Å². The van der Waals surface area contributed by atoms with Crippen LogP contribution in [0.3, 0.4) is 0 Å². The van der Waals surface area contributed by atoms with Crippen molar-refractivity contribution in [3.8, 4) is 0 Å². The molecule has 0 aliphatic carbocycles. The van der Waals surface area contributed by atoms with Crippen LogP contribution in [0.15, 0.2) is 48.7 Å². The van der Waals surface area contributed by atoms with E-state index in [0.717, 1.165) is 51.4 Å². The highest BCUT2D eigenvalue weighted by Crippen LogP contribution is 2.21. The highest BCUT2D eigenvalue weighted by molar-refractivity contribution is 5.98. The van der Waals surface area contributed by atoms with Crippen molar-refractivity contribution in [1.29, 1.82) is 0 Å². The van der Waals surface area contributed by atoms with Crippen molar-refractivity contribution >= 4 is 11.7 Å². The smallest absolute Gasteiger partial charge is 0.255 e. The van der Waals surface area contributed by atoms with E-state index in [0.29, 0.717) is 18.7 Å². The van der Waals surface area contributed by atoms with Crippen molar-refractivity contribution in [2.75, 3.05) is 44.2 Å². The summed E-state index contributed by atoms with van der Waals surface area (Å²) in [5.74, 6) is 0.728. The molecule has 1 atom stereocenters. The summed E-state index contributed by atoms with van der Waals surface area (Å²) < 4.78 is 5.88. The lowest BCUT2D eigenvalue weighted by atomic mass is 10.2. The van der Waals surface area contributed by atoms with Gasteiger partial charge in [0.25, 0.3) is 5.91 Å². The summed E-state index contributed by atoms with van der Waals surface area (Å²) in [6.45, 7) is 5.80. The Bertz CT molecular complexity index is 777. The van der Waals surface area contributed by atoms with E-state index in [1.54, 1.807) is 6.20 Å². The molecule has 3 heterocycles. The van der Waals surface area contributed by atoms with E-state index in [9.17, 15) is 4.79 Å². The lowest BCUT2D eigenvalue weighted by Gasteiger charge is -2.33. The Morgan fingerprint density at radius 2 is 1.93 bits per heavy atom. The van der Waals surface area contributed by atoms with Crippen LogP contribution in [0.25, 0.3) is 0 Å². The molecule has 2 aliphatic heterocycles. The fraction of sp³-hybridized carbons (Fsp3) is 0.455. The summed E-state index contributed by atoms with van der Waals surface area (Å²) in [4.78, 5) is 21.8. The molecular weight excluding hydrogens is 352 g/mol. The molecule has 6 nitrogen and oxygen atoms in total. The fourth-order valence-electron chi connectivity index (χ4n) is 3.95. The van der Waals surface area contributed by atoms with Crippen LogP contribution in [0.4, 0.5) is 5.82 Å². The van der Waals surface area contributed by atoms with E-state index in [1.165, 1.54) is 5.56 Å². The number of ether oxygens (including phenoxy) is 1. The third-order valence-corrected chi connectivity index (χ3v) is 5.40. The Labute approximate surface area is 166 Å². The average molecular weight is 380 g/mol. The first-order valence-corrected chi connectivity index (χ1v) is 10.2. The van der Waals surface area contributed by atoms with Crippen molar-refractivity contribution < 1.29 is 9.53 Å². The maximum absolute atomic E-state index is 12.8. The van der Waals surface area contributed by atoms with E-state index in [2.05, 4.69) is 44.4 Å². The normalized spacial score (nSPS) is 20.3. The molecule has 1 unspecified atom stereocenters. The first kappa shape index (κ1) is 18.9. The zero-order valence-electron chi connectivity index (χ0n) is 16.2. The molecule has 28 heavy (non-hydrogen) atoms. The van der Waals surface area contributed by atoms with E-state index in [4.69, 9.17) is 4.74 Å². The molecule has 6 heteroatoms. The van der Waals surface area contributed by atoms with Gasteiger partial charge in [-0.15, -0.1) is 0 Å². The molecule has 1 aromatic carbocycles. The van der Waals surface area contributed by atoms with Gasteiger partial charge in [-0.3, -0.25) is 9.69 Å². The van der Waals surface area contributed by atoms with Crippen molar-refractivity contribution in [2.24, 2.45) is 0 Å². The van der Waals surface area contributed by atoms with Crippen LogP contribution in [0.5, 0.6) is 0 Å². The second-order valence-electron chi connectivity index (χ2n) is 7.49. The number of nitrogens with one attached hydrogen (secondary N) is 1. The summed E-state index contributed by atoms with van der Waals surface area (Å²) in [6, 6.07) is 14.2. The van der Waals surface area contributed by atoms with Gasteiger partial charge in [-0.25, -0.2) is 4.98 Å². The van der Waals surface area contributed by atoms with Gasteiger partial charge in [0.2, 0.25) is 0 Å². The van der Waals surface area contributed by atoms with Crippen LogP contribution >= 0.6 is 0 Å². The Kier molecular flexibility index (Phi) is 6.19. The summed E-state index contributed by atoms with van der Waals surface area (Å²) in [5, 5.41) is 3.06. The van der Waals surface area contributed by atoms with E-state index in [1.807, 2.05) is 18.2 Å². The van der Waals surface area contributed by atoms with Crippen LogP contribution in [-0.2, 0) is 11.3 Å². The highest BCUT2D eigenvalue weighted by Gasteiger charge is 2.23. The van der Waals surface area contributed by atoms with Crippen LogP contribution in [0.1, 0.15) is 28.8 Å². The molecule has 2 aromatic rings. The van der Waals surface area contributed by atoms with Crippen LogP contribution in [0.2, 0.25) is 0 Å². The highest BCUT2D eigenvalue weighted by atomic mass is 16.5. The zero-order valence-corrected chi connectivity index (χ0v) is 16.2. The molecule has 0 radical (unpaired) electrons. The quantitative estimate of drug-likeness (QED) is 0.833. The second kappa shape index (κ2) is 9.17. The number of morpholine rings is 1. The van der Waals surface area contributed by atoms with Gasteiger partial charge in [0, 0.05) is 45.5 Å². The lowest BCUT2D eigenvalue weighted by molar-refractivity contribution is -0.0292. The number of rotatable bonds is 6. The molecule has 1 amide bonds. The van der Waals surface area contributed by atoms with Crippen molar-refractivity contribution in [2.45, 2.75) is 25.5 Å². The Morgan fingerprint density at radius 1 is 1.11 bits per heavy atom. The van der Waals surface area contributed by atoms with Gasteiger partial charge in [0.05, 0.1) is 18.3 Å². The maximum atomic E-state index is 12.8. The Morgan fingerprint density at radius 3 is 2.75 bits per heavy atom. The third-order valence-electron chi connectivity index (χ3n) is 5.40. The molecule has 148 valence electrons. The number of carbonyl (C=O) groups is 1. The minimum absolute atomic E-state index is 0.00770. The van der Waals surface area contributed by atoms with E-state index >= 15 is 0 Å². The number of aromatic nitrogens is 1. The minimum atomic E-state index is -0.0706. The largest absolute Gasteiger partial charge is 0.374 e. The van der Waals surface area contributed by atoms with Gasteiger partial charge in [0.15, 0.2) is 0 Å². The number of benzene rings is 1. The molecule has 2 aliphatic rings. The Balaban J connectivity index is 1.32. The predicted molar refractivity (Wildman–Crippen MR) is 109 cm³/mol. The fourth-order valence-corrected chi connectivity index (χ4v) is 3.95. The summed E-state index contributed by atoms with van der Waals surface area (Å²) in [5.41, 5.74) is 1.96. The molecule has 0 saturated carbocycles. The molecule has 4 rings (SSSR count). The first-order valence-electron chi connectivity index (χ1n) is 10.2. The number of amides is 1. The van der Waals surface area contributed by atoms with Crippen LogP contribution < -0.4 is 10.2 Å². The lowest BCUT2D eigenvalue weighted by Crippen LogP contribution is -2.47. The SMILES string of the molecule is O=C(NCC1CN(Cc2ccccc2)CCO1)c1cccnc1N1CCCC1. The van der Waals surface area contributed by atoms with Gasteiger partial charge in [-0.2, -0.15) is 0 Å². The Hall–Kier alpha value is -2.44. The zero-order chi connectivity index (χ0) is 19.2. The van der Waals surface area contributed by atoms with Gasteiger partial charge in [0.1, 0.15) is 5.82 Å². The topological polar surface area (TPSA) is 57.7 Å². The summed E-state index contributed by atoms with van der Waals surface area (Å²) in [7, 11) is 0. The van der Waals surface area contributed by atoms with Crippen molar-refractivity contribution in [3.63, 3.8) is 0 Å². The number of carbonyl (C=O) groups excluding carboxylic acids is 1. The van der Waals surface area contributed by atoms with Crippen molar-refractivity contribution in [1.82, 2.24) is 15.2 Å². The standard InChI is InChI=1S/C22H28N4O2/c27-22(20-9-6-10-23-21(20)26-11-4-5-12-26)24-15-19-17-25(13-14-28-19)16-18-7-2-1-3-8-18/h1-3,6-10,19H,4-5,11-17H2,(H,24,27). The van der Waals surface area contributed by atoms with E-state index in [-0.39, 0.29) is 12.0 Å². The third kappa shape index (κ3) is 4.69. The summed E-state index contributed by atoms with van der Waals surface area (Å²) >= 11 is 0. The number of hydrogen-bond donors (Lipinski definition) is 1. The first-order chi connectivity index (χ1) is 13.8. The molecule has 1 aromatic heterocycles. The van der Waals surface area contributed by atoms with Crippen LogP contribution in [0, 0.1) is 0 Å². The summed E-state index contributed by atoms with van der Waals surface area (Å²) in [6.07, 6.45) is 4.08. The second-order valence-corrected chi connectivity index (χ2v) is 7.49. The number of anilines is 1. The predicted octanol–water partition coefficient (Wildman–Crippen LogP) is 2.31. The van der Waals surface area contributed by atoms with Crippen LogP contribution in [-0.4, -0.2) is 61.2 Å². The average Bonchev–Trinajstić information content (AvgIpc) is 3.28. The van der Waals surface area contributed by atoms with Crippen molar-refractivity contribution in [3.05, 3.63) is 59.8 Å². The molecule has 2 fully saturated rings. The number of pyridine rings is 1. The van der Waals surface area contributed by atoms with Gasteiger partial charge < -0.3 is 15.0 Å². The minimum Gasteiger partial charge on any atom is -0.374 e. The molecule has 0 bridgehead atoms. The van der Waals surface area contributed by atoms with Gasteiger partial charge in [-0.1, -0.05) is 30.3 Å². The molecular formula is C22H28N4O2. The van der Waals surface area contributed by atoms with Gasteiger partial charge >= 0.3 is 0 Å². The monoisotopic (exact) mass is 380 g/mol. The number of nitrogens with zero attached hydrogens (tertiary/aromatic N) is 3. The molecule has 2 saturated heterocycles. The maximum Gasteiger partial charge on any atom is 0.255 e.